The standard InChI is InChI=1S/C45H84N2O5.C38H74N2O5S/c1-5-7-9-11-13-15-17-19-21-23-25-27-29-31-33-35-44(49)51-41-39-47(43(48)37-38-46(3)4)40-42-52-45(50)36-34-32-30-28-26-24-22-20-18-16-14-12-10-8-6-2;1-5-7-9-11-13-15-17-19-21-23-25-27-37(42)44-32-29-40(36(41)35-46-34-31-39(3)4)30-33-45-38(43)28-26-24-22-20-18-16-14-12-10-8-6-2/h19-22H,5-18,23-42H2,1-4H3;5-35H2,1-4H3/b21-19-,22-20-;. The van der Waals surface area contributed by atoms with Crippen LogP contribution in [0.15, 0.2) is 24.3 Å². The van der Waals surface area contributed by atoms with Crippen LogP contribution < -0.4 is 0 Å². The molecule has 0 aliphatic rings. The van der Waals surface area contributed by atoms with Crippen LogP contribution in [0.25, 0.3) is 0 Å². The monoisotopic (exact) mass is 1400 g/mol. The van der Waals surface area contributed by atoms with E-state index in [4.69, 9.17) is 18.9 Å². The Morgan fingerprint density at radius 1 is 0.265 bits per heavy atom. The molecular formula is C83H158N4O10S. The molecule has 0 aromatic carbocycles. The van der Waals surface area contributed by atoms with E-state index >= 15 is 0 Å². The van der Waals surface area contributed by atoms with Crippen LogP contribution in [0, 0.1) is 0 Å². The van der Waals surface area contributed by atoms with Crippen LogP contribution in [0.2, 0.25) is 0 Å². The van der Waals surface area contributed by atoms with E-state index in [1.165, 1.54) is 231 Å². The first-order valence-corrected chi connectivity index (χ1v) is 42.3. The van der Waals surface area contributed by atoms with Crippen molar-refractivity contribution in [3.63, 3.8) is 0 Å². The normalized spacial score (nSPS) is 11.4. The molecule has 576 valence electrons. The number of carbonyl (C=O) groups is 6. The van der Waals surface area contributed by atoms with E-state index in [0.29, 0.717) is 70.6 Å². The van der Waals surface area contributed by atoms with Gasteiger partial charge in [-0.05, 0) is 105 Å². The smallest absolute Gasteiger partial charge is 0.305 e. The van der Waals surface area contributed by atoms with E-state index < -0.39 is 0 Å². The molecule has 0 N–H and O–H groups in total. The summed E-state index contributed by atoms with van der Waals surface area (Å²) < 4.78 is 21.9. The molecule has 14 nitrogen and oxygen atoms in total. The van der Waals surface area contributed by atoms with Gasteiger partial charge in [0.2, 0.25) is 11.8 Å². The maximum Gasteiger partial charge on any atom is 0.305 e. The van der Waals surface area contributed by atoms with E-state index in [0.717, 1.165) is 89.3 Å². The Kier molecular flexibility index (Phi) is 78.2. The van der Waals surface area contributed by atoms with Gasteiger partial charge in [-0.1, -0.05) is 283 Å². The van der Waals surface area contributed by atoms with Crippen molar-refractivity contribution in [2.45, 2.75) is 368 Å². The second-order valence-electron chi connectivity index (χ2n) is 28.3. The Bertz CT molecular complexity index is 1730. The minimum atomic E-state index is -0.204. The van der Waals surface area contributed by atoms with Crippen molar-refractivity contribution in [2.24, 2.45) is 0 Å². The third kappa shape index (κ3) is 76.7. The SMILES string of the molecule is CCCCCCCC/C=C\CCCCCCCC(=O)OCCN(CCOC(=O)CCCCCCC/C=C\CCCCCCCC)C(=O)CCN(C)C.CCCCCCCCCCCCCC(=O)OCCN(CCOC(=O)CCCCCCCCCCCCC)C(=O)CSCCN(C)C. The molecule has 0 bridgehead atoms. The molecule has 0 aliphatic heterocycles. The second-order valence-corrected chi connectivity index (χ2v) is 29.4. The molecule has 0 aromatic heterocycles. The molecule has 0 unspecified atom stereocenters. The zero-order valence-corrected chi connectivity index (χ0v) is 66.4. The molecule has 0 heterocycles. The van der Waals surface area contributed by atoms with Crippen molar-refractivity contribution in [1.29, 1.82) is 0 Å². The molecule has 0 atom stereocenters. The Morgan fingerprint density at radius 2 is 0.490 bits per heavy atom. The first-order chi connectivity index (χ1) is 47.8. The number of unbranched alkanes of at least 4 members (excludes halogenated alkanes) is 42. The van der Waals surface area contributed by atoms with Gasteiger partial charge in [0, 0.05) is 50.9 Å². The molecule has 0 saturated heterocycles. The molecule has 0 spiro atoms. The highest BCUT2D eigenvalue weighted by atomic mass is 32.2. The van der Waals surface area contributed by atoms with Gasteiger partial charge in [-0.3, -0.25) is 28.8 Å². The first-order valence-electron chi connectivity index (χ1n) is 41.2. The minimum Gasteiger partial charge on any atom is -0.464 e. The predicted octanol–water partition coefficient (Wildman–Crippen LogP) is 21.5. The lowest BCUT2D eigenvalue weighted by molar-refractivity contribution is -0.148. The van der Waals surface area contributed by atoms with Crippen molar-refractivity contribution in [3.05, 3.63) is 24.3 Å². The number of esters is 4. The van der Waals surface area contributed by atoms with E-state index in [9.17, 15) is 28.8 Å². The molecule has 0 radical (unpaired) electrons. The van der Waals surface area contributed by atoms with Gasteiger partial charge in [-0.15, -0.1) is 0 Å². The summed E-state index contributed by atoms with van der Waals surface area (Å²) in [6, 6.07) is 0. The molecule has 0 fully saturated rings. The fourth-order valence-corrected chi connectivity index (χ4v) is 12.6. The number of amides is 2. The van der Waals surface area contributed by atoms with Gasteiger partial charge in [0.05, 0.1) is 31.9 Å². The number of carbonyl (C=O) groups excluding carboxylic acids is 6. The highest BCUT2D eigenvalue weighted by molar-refractivity contribution is 7.99. The third-order valence-electron chi connectivity index (χ3n) is 18.1. The molecule has 15 heteroatoms. The Labute approximate surface area is 609 Å². The van der Waals surface area contributed by atoms with Crippen LogP contribution in [-0.2, 0) is 47.7 Å². The molecule has 0 aliphatic carbocycles. The fourth-order valence-electron chi connectivity index (χ4n) is 11.6. The number of nitrogens with zero attached hydrogens (tertiary/aromatic N) is 4. The third-order valence-corrected chi connectivity index (χ3v) is 19.1. The first kappa shape index (κ1) is 96.6. The zero-order chi connectivity index (χ0) is 72.1. The Hall–Kier alpha value is -3.43. The van der Waals surface area contributed by atoms with Gasteiger partial charge in [-0.2, -0.15) is 11.8 Å². The number of ether oxygens (including phenoxy) is 4. The van der Waals surface area contributed by atoms with Gasteiger partial charge in [0.15, 0.2) is 0 Å². The summed E-state index contributed by atoms with van der Waals surface area (Å²) in [7, 11) is 7.91. The molecule has 2 amide bonds. The quantitative estimate of drug-likeness (QED) is 0.0246. The minimum absolute atomic E-state index is 0.00780. The van der Waals surface area contributed by atoms with Gasteiger partial charge < -0.3 is 38.5 Å². The van der Waals surface area contributed by atoms with E-state index in [1.54, 1.807) is 21.6 Å². The van der Waals surface area contributed by atoms with Crippen molar-refractivity contribution >= 4 is 47.5 Å². The summed E-state index contributed by atoms with van der Waals surface area (Å²) in [5.74, 6) is 0.419. The average Bonchev–Trinajstić information content (AvgIpc) is 1.20. The number of thioether (sulfide) groups is 1. The summed E-state index contributed by atoms with van der Waals surface area (Å²) in [6.45, 7) is 12.5. The van der Waals surface area contributed by atoms with Crippen molar-refractivity contribution in [3.8, 4) is 0 Å². The lowest BCUT2D eigenvalue weighted by Gasteiger charge is -2.23. The molecule has 98 heavy (non-hydrogen) atoms. The summed E-state index contributed by atoms with van der Waals surface area (Å²) in [4.78, 5) is 82.4. The average molecular weight is 1400 g/mol. The van der Waals surface area contributed by atoms with Gasteiger partial charge in [0.1, 0.15) is 26.4 Å². The van der Waals surface area contributed by atoms with Crippen LogP contribution in [0.4, 0.5) is 0 Å². The van der Waals surface area contributed by atoms with Crippen molar-refractivity contribution in [2.75, 3.05) is 105 Å². The van der Waals surface area contributed by atoms with Gasteiger partial charge in [0.25, 0.3) is 0 Å². The largest absolute Gasteiger partial charge is 0.464 e. The zero-order valence-electron chi connectivity index (χ0n) is 65.6. The summed E-state index contributed by atoms with van der Waals surface area (Å²) in [6.07, 6.45) is 70.6. The van der Waals surface area contributed by atoms with Crippen LogP contribution in [0.5, 0.6) is 0 Å². The number of hydrogen-bond donors (Lipinski definition) is 0. The van der Waals surface area contributed by atoms with E-state index in [1.807, 2.05) is 33.1 Å². The summed E-state index contributed by atoms with van der Waals surface area (Å²) in [5.41, 5.74) is 0. The van der Waals surface area contributed by atoms with E-state index in [-0.39, 0.29) is 62.1 Å². The van der Waals surface area contributed by atoms with E-state index in [2.05, 4.69) is 56.9 Å². The fraction of sp³-hybridized carbons (Fsp3) is 0.880. The molecule has 0 aromatic rings. The highest BCUT2D eigenvalue weighted by Gasteiger charge is 2.18. The summed E-state index contributed by atoms with van der Waals surface area (Å²) >= 11 is 1.60. The molecular weight excluding hydrogens is 1240 g/mol. The lowest BCUT2D eigenvalue weighted by Crippen LogP contribution is -2.38. The van der Waals surface area contributed by atoms with Crippen LogP contribution in [0.3, 0.4) is 0 Å². The van der Waals surface area contributed by atoms with Gasteiger partial charge in [-0.25, -0.2) is 0 Å². The second kappa shape index (κ2) is 79.3. The molecule has 0 saturated carbocycles. The van der Waals surface area contributed by atoms with Crippen molar-refractivity contribution < 1.29 is 47.7 Å². The van der Waals surface area contributed by atoms with Crippen LogP contribution >= 0.6 is 11.8 Å². The molecule has 0 rings (SSSR count). The topological polar surface area (TPSA) is 152 Å². The van der Waals surface area contributed by atoms with Crippen LogP contribution in [-0.4, -0.2) is 161 Å². The maximum absolute atomic E-state index is 12.9. The summed E-state index contributed by atoms with van der Waals surface area (Å²) in [5, 5.41) is 0. The maximum atomic E-state index is 12.9. The number of hydrogen-bond acceptors (Lipinski definition) is 13. The van der Waals surface area contributed by atoms with Gasteiger partial charge >= 0.3 is 23.9 Å². The lowest BCUT2D eigenvalue weighted by atomic mass is 10.1. The highest BCUT2D eigenvalue weighted by Crippen LogP contribution is 2.17. The predicted molar refractivity (Wildman–Crippen MR) is 417 cm³/mol. The van der Waals surface area contributed by atoms with Crippen molar-refractivity contribution in [1.82, 2.24) is 19.6 Å². The van der Waals surface area contributed by atoms with Crippen LogP contribution in [0.1, 0.15) is 368 Å². The Morgan fingerprint density at radius 3 is 0.735 bits per heavy atom. The Balaban J connectivity index is 0. The number of allylic oxidation sites excluding steroid dienone is 4. The number of rotatable bonds is 74.